The zero-order valence-electron chi connectivity index (χ0n) is 9.02. The van der Waals surface area contributed by atoms with Crippen LogP contribution < -0.4 is 10.6 Å². The number of aliphatic carboxylic acids is 1. The molecular formula is C9H16N2O4S. The highest BCUT2D eigenvalue weighted by atomic mass is 32.2. The predicted molar refractivity (Wildman–Crippen MR) is 60.1 cm³/mol. The van der Waals surface area contributed by atoms with Gasteiger partial charge in [0.1, 0.15) is 0 Å². The number of hydrogen-bond acceptors (Lipinski definition) is 5. The van der Waals surface area contributed by atoms with Crippen LogP contribution in [0, 0.1) is 0 Å². The lowest BCUT2D eigenvalue weighted by Gasteiger charge is -2.22. The van der Waals surface area contributed by atoms with Crippen molar-refractivity contribution in [3.8, 4) is 0 Å². The maximum absolute atomic E-state index is 11.5. The van der Waals surface area contributed by atoms with E-state index in [1.807, 2.05) is 0 Å². The van der Waals surface area contributed by atoms with Crippen molar-refractivity contribution in [2.45, 2.75) is 25.0 Å². The van der Waals surface area contributed by atoms with Crippen molar-refractivity contribution in [2.75, 3.05) is 18.2 Å². The molecule has 16 heavy (non-hydrogen) atoms. The van der Waals surface area contributed by atoms with Gasteiger partial charge in [-0.05, 0) is 6.92 Å². The summed E-state index contributed by atoms with van der Waals surface area (Å²) < 4.78 is 0. The Morgan fingerprint density at radius 2 is 2.31 bits per heavy atom. The molecule has 0 radical (unpaired) electrons. The Hall–Kier alpha value is -0.790. The molecule has 7 heteroatoms. The number of carboxylic acids is 1. The topological polar surface area (TPSA) is 98.7 Å². The van der Waals surface area contributed by atoms with Crippen molar-refractivity contribution in [3.05, 3.63) is 0 Å². The van der Waals surface area contributed by atoms with Crippen LogP contribution in [-0.4, -0.2) is 51.9 Å². The molecule has 1 fully saturated rings. The molecule has 0 spiro atoms. The summed E-state index contributed by atoms with van der Waals surface area (Å²) in [6.45, 7) is 1.33. The first kappa shape index (κ1) is 13.3. The number of aliphatic hydroxyl groups is 1. The molecule has 2 unspecified atom stereocenters. The maximum atomic E-state index is 11.5. The van der Waals surface area contributed by atoms with Gasteiger partial charge in [-0.15, -0.1) is 11.8 Å². The standard InChI is InChI=1S/C9H16N2O4S/c1-9(15,2-7(12)13)4-10-8(14)6-3-16-5-11-6/h6,11,15H,2-5H2,1H3,(H,10,14)(H,12,13). The quantitative estimate of drug-likeness (QED) is 0.498. The zero-order valence-corrected chi connectivity index (χ0v) is 9.84. The second-order valence-electron chi connectivity index (χ2n) is 4.06. The number of carbonyl (C=O) groups is 2. The summed E-state index contributed by atoms with van der Waals surface area (Å²) in [6, 6.07) is -0.245. The Labute approximate surface area is 97.8 Å². The van der Waals surface area contributed by atoms with Gasteiger partial charge in [0.25, 0.3) is 0 Å². The summed E-state index contributed by atoms with van der Waals surface area (Å²) in [7, 11) is 0. The number of thioether (sulfide) groups is 1. The van der Waals surface area contributed by atoms with Crippen LogP contribution in [0.2, 0.25) is 0 Å². The average molecular weight is 248 g/mol. The minimum Gasteiger partial charge on any atom is -0.481 e. The van der Waals surface area contributed by atoms with Crippen LogP contribution in [0.25, 0.3) is 0 Å². The molecule has 2 atom stereocenters. The Morgan fingerprint density at radius 3 is 2.81 bits per heavy atom. The van der Waals surface area contributed by atoms with Crippen LogP contribution in [0.1, 0.15) is 13.3 Å². The molecule has 1 saturated heterocycles. The number of amides is 1. The van der Waals surface area contributed by atoms with Crippen LogP contribution in [0.3, 0.4) is 0 Å². The van der Waals surface area contributed by atoms with E-state index in [1.54, 1.807) is 11.8 Å². The molecule has 1 amide bonds. The van der Waals surface area contributed by atoms with Crippen LogP contribution in [-0.2, 0) is 9.59 Å². The minimum atomic E-state index is -1.41. The highest BCUT2D eigenvalue weighted by molar-refractivity contribution is 7.99. The molecule has 0 aromatic heterocycles. The molecular weight excluding hydrogens is 232 g/mol. The molecule has 1 heterocycles. The molecule has 92 valence electrons. The third-order valence-electron chi connectivity index (χ3n) is 2.21. The molecule has 1 aliphatic heterocycles. The van der Waals surface area contributed by atoms with Gasteiger partial charge in [-0.1, -0.05) is 0 Å². The summed E-state index contributed by atoms with van der Waals surface area (Å²) in [4.78, 5) is 22.0. The SMILES string of the molecule is CC(O)(CNC(=O)C1CSCN1)CC(=O)O. The lowest BCUT2D eigenvalue weighted by Crippen LogP contribution is -2.48. The van der Waals surface area contributed by atoms with E-state index in [-0.39, 0.29) is 24.9 Å². The predicted octanol–water partition coefficient (Wildman–Crippen LogP) is -1.01. The van der Waals surface area contributed by atoms with Gasteiger partial charge in [0.05, 0.1) is 18.1 Å². The van der Waals surface area contributed by atoms with E-state index < -0.39 is 11.6 Å². The van der Waals surface area contributed by atoms with Crippen LogP contribution in [0.5, 0.6) is 0 Å². The van der Waals surface area contributed by atoms with Gasteiger partial charge in [0.2, 0.25) is 5.91 Å². The van der Waals surface area contributed by atoms with Crippen molar-refractivity contribution < 1.29 is 19.8 Å². The third-order valence-corrected chi connectivity index (χ3v) is 3.15. The molecule has 1 rings (SSSR count). The maximum Gasteiger partial charge on any atom is 0.306 e. The largest absolute Gasteiger partial charge is 0.481 e. The fourth-order valence-electron chi connectivity index (χ4n) is 1.35. The first-order chi connectivity index (χ1) is 7.41. The lowest BCUT2D eigenvalue weighted by atomic mass is 10.0. The Kier molecular flexibility index (Phi) is 4.57. The second kappa shape index (κ2) is 5.51. The Morgan fingerprint density at radius 1 is 1.62 bits per heavy atom. The number of rotatable bonds is 5. The van der Waals surface area contributed by atoms with E-state index in [1.165, 1.54) is 6.92 Å². The summed E-state index contributed by atoms with van der Waals surface area (Å²) >= 11 is 1.63. The molecule has 4 N–H and O–H groups in total. The first-order valence-electron chi connectivity index (χ1n) is 4.94. The Balaban J connectivity index is 2.32. The van der Waals surface area contributed by atoms with Gasteiger partial charge >= 0.3 is 5.97 Å². The third kappa shape index (κ3) is 4.38. The van der Waals surface area contributed by atoms with E-state index in [2.05, 4.69) is 10.6 Å². The van der Waals surface area contributed by atoms with Crippen molar-refractivity contribution >= 4 is 23.6 Å². The van der Waals surface area contributed by atoms with E-state index in [4.69, 9.17) is 5.11 Å². The van der Waals surface area contributed by atoms with Gasteiger partial charge in [-0.3, -0.25) is 14.9 Å². The summed E-state index contributed by atoms with van der Waals surface area (Å²) in [5, 5.41) is 23.7. The first-order valence-corrected chi connectivity index (χ1v) is 6.09. The highest BCUT2D eigenvalue weighted by Gasteiger charge is 2.27. The fraction of sp³-hybridized carbons (Fsp3) is 0.778. The number of nitrogens with one attached hydrogen (secondary N) is 2. The molecule has 6 nitrogen and oxygen atoms in total. The van der Waals surface area contributed by atoms with Crippen molar-refractivity contribution in [3.63, 3.8) is 0 Å². The summed E-state index contributed by atoms with van der Waals surface area (Å²) in [6.07, 6.45) is -0.389. The van der Waals surface area contributed by atoms with Gasteiger partial charge in [0.15, 0.2) is 0 Å². The van der Waals surface area contributed by atoms with E-state index in [0.29, 0.717) is 5.75 Å². The minimum absolute atomic E-state index is 0.0546. The van der Waals surface area contributed by atoms with Crippen LogP contribution in [0.4, 0.5) is 0 Å². The molecule has 0 bridgehead atoms. The van der Waals surface area contributed by atoms with Gasteiger partial charge in [-0.25, -0.2) is 0 Å². The van der Waals surface area contributed by atoms with Crippen molar-refractivity contribution in [1.29, 1.82) is 0 Å². The number of carboxylic acid groups (broad SMARTS) is 1. The van der Waals surface area contributed by atoms with Gasteiger partial charge in [0, 0.05) is 18.2 Å². The smallest absolute Gasteiger partial charge is 0.306 e. The number of hydrogen-bond donors (Lipinski definition) is 4. The van der Waals surface area contributed by atoms with E-state index >= 15 is 0 Å². The van der Waals surface area contributed by atoms with E-state index in [0.717, 1.165) is 5.88 Å². The second-order valence-corrected chi connectivity index (χ2v) is 5.09. The average Bonchev–Trinajstić information content (AvgIpc) is 2.64. The highest BCUT2D eigenvalue weighted by Crippen LogP contribution is 2.11. The molecule has 1 aliphatic rings. The molecule has 0 saturated carbocycles. The zero-order chi connectivity index (χ0) is 12.2. The van der Waals surface area contributed by atoms with Crippen LogP contribution in [0.15, 0.2) is 0 Å². The van der Waals surface area contributed by atoms with Crippen molar-refractivity contribution in [1.82, 2.24) is 10.6 Å². The molecule has 0 aliphatic carbocycles. The normalized spacial score (nSPS) is 23.8. The molecule has 0 aromatic rings. The number of carbonyl (C=O) groups excluding carboxylic acids is 1. The van der Waals surface area contributed by atoms with Crippen molar-refractivity contribution in [2.24, 2.45) is 0 Å². The molecule has 0 aromatic carbocycles. The summed E-state index contributed by atoms with van der Waals surface area (Å²) in [5.74, 6) is 0.153. The Bertz CT molecular complexity index is 277. The van der Waals surface area contributed by atoms with Gasteiger partial charge in [-0.2, -0.15) is 0 Å². The fourth-order valence-corrected chi connectivity index (χ4v) is 2.29. The van der Waals surface area contributed by atoms with Crippen LogP contribution >= 0.6 is 11.8 Å². The van der Waals surface area contributed by atoms with E-state index in [9.17, 15) is 14.7 Å². The van der Waals surface area contributed by atoms with Gasteiger partial charge < -0.3 is 15.5 Å². The monoisotopic (exact) mass is 248 g/mol. The summed E-state index contributed by atoms with van der Waals surface area (Å²) in [5.41, 5.74) is -1.41. The lowest BCUT2D eigenvalue weighted by molar-refractivity contribution is -0.142.